The van der Waals surface area contributed by atoms with Crippen LogP contribution in [0.5, 0.6) is 0 Å². The molecular weight excluding hydrogens is 357 g/mol. The standard InChI is InChI=1S/C19H17Cl2N3O/c1-2-15(24-19(25)13-9-6-10-14(20)17(13)21)18-22-11-16(23-18)12-7-4-3-5-8-12/h3-11,15H,2H2,1H3,(H,22,23)(H,24,25). The molecule has 25 heavy (non-hydrogen) atoms. The van der Waals surface area contributed by atoms with E-state index in [0.717, 1.165) is 11.3 Å². The van der Waals surface area contributed by atoms with Gasteiger partial charge in [-0.05, 0) is 24.1 Å². The first kappa shape index (κ1) is 17.5. The Morgan fingerprint density at radius 2 is 1.92 bits per heavy atom. The molecule has 0 bridgehead atoms. The predicted octanol–water partition coefficient (Wildman–Crippen LogP) is 5.26. The van der Waals surface area contributed by atoms with Crippen molar-refractivity contribution in [3.05, 3.63) is 76.2 Å². The monoisotopic (exact) mass is 373 g/mol. The van der Waals surface area contributed by atoms with Crippen molar-refractivity contribution in [2.24, 2.45) is 0 Å². The summed E-state index contributed by atoms with van der Waals surface area (Å²) in [4.78, 5) is 20.2. The number of nitrogens with one attached hydrogen (secondary N) is 2. The molecule has 0 fully saturated rings. The van der Waals surface area contributed by atoms with E-state index in [9.17, 15) is 4.79 Å². The average Bonchev–Trinajstić information content (AvgIpc) is 3.12. The van der Waals surface area contributed by atoms with Crippen molar-refractivity contribution < 1.29 is 4.79 Å². The Balaban J connectivity index is 1.80. The number of imidazole rings is 1. The molecule has 2 N–H and O–H groups in total. The molecule has 1 aromatic heterocycles. The number of halogens is 2. The van der Waals surface area contributed by atoms with E-state index in [1.165, 1.54) is 0 Å². The summed E-state index contributed by atoms with van der Waals surface area (Å²) in [5.74, 6) is 0.421. The number of hydrogen-bond donors (Lipinski definition) is 2. The van der Waals surface area contributed by atoms with Gasteiger partial charge in [-0.2, -0.15) is 0 Å². The molecule has 0 spiro atoms. The highest BCUT2D eigenvalue weighted by Gasteiger charge is 2.19. The number of carbonyl (C=O) groups excluding carboxylic acids is 1. The molecular formula is C19H17Cl2N3O. The molecule has 3 aromatic rings. The summed E-state index contributed by atoms with van der Waals surface area (Å²) in [6.07, 6.45) is 2.46. The minimum Gasteiger partial charge on any atom is -0.342 e. The summed E-state index contributed by atoms with van der Waals surface area (Å²) in [5, 5.41) is 3.56. The lowest BCUT2D eigenvalue weighted by Crippen LogP contribution is -2.29. The van der Waals surface area contributed by atoms with Gasteiger partial charge in [-0.3, -0.25) is 4.79 Å². The van der Waals surface area contributed by atoms with Crippen LogP contribution in [-0.2, 0) is 0 Å². The third-order valence-corrected chi connectivity index (χ3v) is 4.74. The van der Waals surface area contributed by atoms with Gasteiger partial charge in [0, 0.05) is 0 Å². The first-order valence-electron chi connectivity index (χ1n) is 7.95. The minimum absolute atomic E-state index is 0.250. The van der Waals surface area contributed by atoms with Crippen LogP contribution in [0.3, 0.4) is 0 Å². The number of carbonyl (C=O) groups is 1. The van der Waals surface area contributed by atoms with Gasteiger partial charge in [0.2, 0.25) is 0 Å². The van der Waals surface area contributed by atoms with Crippen molar-refractivity contribution in [2.75, 3.05) is 0 Å². The molecule has 0 saturated heterocycles. The second-order valence-corrected chi connectivity index (χ2v) is 6.37. The molecule has 0 aliphatic heterocycles. The first-order valence-corrected chi connectivity index (χ1v) is 8.71. The zero-order valence-corrected chi connectivity index (χ0v) is 15.1. The van der Waals surface area contributed by atoms with Crippen molar-refractivity contribution in [3.63, 3.8) is 0 Å². The fourth-order valence-corrected chi connectivity index (χ4v) is 2.94. The Morgan fingerprint density at radius 3 is 2.64 bits per heavy atom. The summed E-state index contributed by atoms with van der Waals surface area (Å²) in [6.45, 7) is 1.98. The van der Waals surface area contributed by atoms with Crippen LogP contribution in [0, 0.1) is 0 Å². The molecule has 4 nitrogen and oxygen atoms in total. The maximum absolute atomic E-state index is 12.5. The Kier molecular flexibility index (Phi) is 5.41. The summed E-state index contributed by atoms with van der Waals surface area (Å²) < 4.78 is 0. The van der Waals surface area contributed by atoms with Crippen molar-refractivity contribution >= 4 is 29.1 Å². The molecule has 6 heteroatoms. The van der Waals surface area contributed by atoms with E-state index in [2.05, 4.69) is 15.3 Å². The third kappa shape index (κ3) is 3.86. The number of benzene rings is 2. The zero-order valence-electron chi connectivity index (χ0n) is 13.6. The summed E-state index contributed by atoms with van der Waals surface area (Å²) in [5.41, 5.74) is 2.30. The van der Waals surface area contributed by atoms with Gasteiger partial charge in [0.15, 0.2) is 0 Å². The molecule has 0 saturated carbocycles. The van der Waals surface area contributed by atoms with Crippen molar-refractivity contribution in [1.82, 2.24) is 15.3 Å². The highest BCUT2D eigenvalue weighted by atomic mass is 35.5. The highest BCUT2D eigenvalue weighted by molar-refractivity contribution is 6.43. The van der Waals surface area contributed by atoms with Gasteiger partial charge < -0.3 is 10.3 Å². The van der Waals surface area contributed by atoms with Gasteiger partial charge in [0.05, 0.1) is 33.5 Å². The maximum Gasteiger partial charge on any atom is 0.253 e. The Hall–Kier alpha value is -2.30. The SMILES string of the molecule is CCC(NC(=O)c1cccc(Cl)c1Cl)c1ncc(-c2ccccc2)[nH]1. The number of hydrogen-bond acceptors (Lipinski definition) is 2. The van der Waals surface area contributed by atoms with Crippen LogP contribution in [0.2, 0.25) is 10.0 Å². The van der Waals surface area contributed by atoms with Crippen LogP contribution in [-0.4, -0.2) is 15.9 Å². The van der Waals surface area contributed by atoms with E-state index in [-0.39, 0.29) is 17.0 Å². The number of aromatic amines is 1. The van der Waals surface area contributed by atoms with E-state index in [1.54, 1.807) is 24.4 Å². The third-order valence-electron chi connectivity index (χ3n) is 3.92. The zero-order chi connectivity index (χ0) is 17.8. The van der Waals surface area contributed by atoms with Crippen LogP contribution in [0.15, 0.2) is 54.7 Å². The van der Waals surface area contributed by atoms with Gasteiger partial charge >= 0.3 is 0 Å². The Morgan fingerprint density at radius 1 is 1.16 bits per heavy atom. The van der Waals surface area contributed by atoms with Crippen molar-refractivity contribution in [2.45, 2.75) is 19.4 Å². The van der Waals surface area contributed by atoms with Crippen LogP contribution in [0.1, 0.15) is 35.6 Å². The number of rotatable bonds is 5. The fraction of sp³-hybridized carbons (Fsp3) is 0.158. The van der Waals surface area contributed by atoms with E-state index < -0.39 is 0 Å². The lowest BCUT2D eigenvalue weighted by molar-refractivity contribution is 0.0934. The molecule has 1 atom stereocenters. The second kappa shape index (κ2) is 7.72. The van der Waals surface area contributed by atoms with Crippen LogP contribution < -0.4 is 5.32 Å². The molecule has 0 radical (unpaired) electrons. The van der Waals surface area contributed by atoms with Crippen molar-refractivity contribution in [3.8, 4) is 11.3 Å². The highest BCUT2D eigenvalue weighted by Crippen LogP contribution is 2.26. The molecule has 0 aliphatic carbocycles. The van der Waals surface area contributed by atoms with Gasteiger partial charge in [0.25, 0.3) is 5.91 Å². The summed E-state index contributed by atoms with van der Waals surface area (Å²) in [7, 11) is 0. The normalized spacial score (nSPS) is 12.0. The smallest absolute Gasteiger partial charge is 0.253 e. The van der Waals surface area contributed by atoms with Crippen LogP contribution in [0.4, 0.5) is 0 Å². The fourth-order valence-electron chi connectivity index (χ4n) is 2.56. The summed E-state index contributed by atoms with van der Waals surface area (Å²) >= 11 is 12.1. The maximum atomic E-state index is 12.5. The first-order chi connectivity index (χ1) is 12.1. The Labute approximate surface area is 156 Å². The predicted molar refractivity (Wildman–Crippen MR) is 101 cm³/mol. The number of amides is 1. The van der Waals surface area contributed by atoms with Crippen LogP contribution >= 0.6 is 23.2 Å². The number of aromatic nitrogens is 2. The minimum atomic E-state index is -0.281. The lowest BCUT2D eigenvalue weighted by atomic mass is 10.1. The largest absolute Gasteiger partial charge is 0.342 e. The van der Waals surface area contributed by atoms with Crippen molar-refractivity contribution in [1.29, 1.82) is 0 Å². The molecule has 3 rings (SSSR count). The van der Waals surface area contributed by atoms with Gasteiger partial charge in [-0.25, -0.2) is 4.98 Å². The molecule has 128 valence electrons. The quantitative estimate of drug-likeness (QED) is 0.640. The number of nitrogens with zero attached hydrogens (tertiary/aromatic N) is 1. The topological polar surface area (TPSA) is 57.8 Å². The molecule has 1 amide bonds. The lowest BCUT2D eigenvalue weighted by Gasteiger charge is -2.15. The van der Waals surface area contributed by atoms with Gasteiger partial charge in [-0.1, -0.05) is 66.5 Å². The molecule has 0 aliphatic rings. The van der Waals surface area contributed by atoms with E-state index in [0.29, 0.717) is 22.8 Å². The molecule has 1 unspecified atom stereocenters. The Bertz CT molecular complexity index is 877. The van der Waals surface area contributed by atoms with Gasteiger partial charge in [0.1, 0.15) is 5.82 Å². The molecule has 1 heterocycles. The second-order valence-electron chi connectivity index (χ2n) is 5.58. The average molecular weight is 374 g/mol. The summed E-state index contributed by atoms with van der Waals surface area (Å²) in [6, 6.07) is 14.6. The number of H-pyrrole nitrogens is 1. The van der Waals surface area contributed by atoms with Gasteiger partial charge in [-0.15, -0.1) is 0 Å². The van der Waals surface area contributed by atoms with E-state index in [1.807, 2.05) is 37.3 Å². The van der Waals surface area contributed by atoms with E-state index in [4.69, 9.17) is 23.2 Å². The van der Waals surface area contributed by atoms with E-state index >= 15 is 0 Å². The van der Waals surface area contributed by atoms with Crippen LogP contribution in [0.25, 0.3) is 11.3 Å². The molecule has 2 aromatic carbocycles.